The normalized spacial score (nSPS) is 11.1. The van der Waals surface area contributed by atoms with Crippen LogP contribution in [0.3, 0.4) is 0 Å². The van der Waals surface area contributed by atoms with E-state index < -0.39 is 11.7 Å². The van der Waals surface area contributed by atoms with Crippen LogP contribution in [0, 0.1) is 31.0 Å². The Hall–Kier alpha value is -3.65. The highest BCUT2D eigenvalue weighted by atomic mass is 19.1. The van der Waals surface area contributed by atoms with Gasteiger partial charge in [0.25, 0.3) is 5.91 Å². The molecule has 0 spiro atoms. The van der Waals surface area contributed by atoms with Crippen LogP contribution in [0.1, 0.15) is 16.9 Å². The van der Waals surface area contributed by atoms with Crippen LogP contribution < -0.4 is 5.32 Å². The first-order valence-corrected chi connectivity index (χ1v) is 8.33. The number of aryl methyl sites for hydroxylation is 2. The second-order valence-electron chi connectivity index (χ2n) is 6.10. The third kappa shape index (κ3) is 4.13. The third-order valence-electron chi connectivity index (χ3n) is 4.18. The molecule has 0 aliphatic rings. The first kappa shape index (κ1) is 18.2. The second kappa shape index (κ2) is 7.71. The number of halogens is 1. The molecule has 0 unspecified atom stereocenters. The number of anilines is 1. The molecule has 27 heavy (non-hydrogen) atoms. The SMILES string of the molecule is Cc1ccc(NC(=O)/C(C#N)=C/c2ccc(-c3ccccc3F)o2)cc1C. The number of carbonyl (C=O) groups is 1. The van der Waals surface area contributed by atoms with Crippen molar-refractivity contribution in [2.75, 3.05) is 5.32 Å². The summed E-state index contributed by atoms with van der Waals surface area (Å²) < 4.78 is 19.4. The molecule has 3 aromatic rings. The van der Waals surface area contributed by atoms with E-state index in [-0.39, 0.29) is 5.57 Å². The molecule has 1 N–H and O–H groups in total. The highest BCUT2D eigenvalue weighted by molar-refractivity contribution is 6.09. The van der Waals surface area contributed by atoms with E-state index in [2.05, 4.69) is 5.32 Å². The van der Waals surface area contributed by atoms with Crippen molar-refractivity contribution < 1.29 is 13.6 Å². The van der Waals surface area contributed by atoms with Gasteiger partial charge in [-0.3, -0.25) is 4.79 Å². The number of carbonyl (C=O) groups excluding carboxylic acids is 1. The summed E-state index contributed by atoms with van der Waals surface area (Å²) in [5.41, 5.74) is 2.96. The molecule has 0 bridgehead atoms. The zero-order valence-corrected chi connectivity index (χ0v) is 14.9. The van der Waals surface area contributed by atoms with Gasteiger partial charge in [-0.15, -0.1) is 0 Å². The quantitative estimate of drug-likeness (QED) is 0.510. The molecule has 0 saturated carbocycles. The first-order valence-electron chi connectivity index (χ1n) is 8.33. The standard InChI is InChI=1S/C22H17FN2O2/c1-14-7-8-17(11-15(14)2)25-22(26)16(13-24)12-18-9-10-21(27-18)19-5-3-4-6-20(19)23/h3-12H,1-2H3,(H,25,26)/b16-12+. The third-order valence-corrected chi connectivity index (χ3v) is 4.18. The van der Waals surface area contributed by atoms with Gasteiger partial charge in [0.05, 0.1) is 5.56 Å². The smallest absolute Gasteiger partial charge is 0.266 e. The van der Waals surface area contributed by atoms with Crippen molar-refractivity contribution in [3.8, 4) is 17.4 Å². The van der Waals surface area contributed by atoms with Crippen LogP contribution in [0.15, 0.2) is 64.6 Å². The number of rotatable bonds is 4. The van der Waals surface area contributed by atoms with Gasteiger partial charge in [-0.25, -0.2) is 4.39 Å². The van der Waals surface area contributed by atoms with Crippen molar-refractivity contribution in [2.24, 2.45) is 0 Å². The maximum Gasteiger partial charge on any atom is 0.266 e. The van der Waals surface area contributed by atoms with Crippen molar-refractivity contribution in [1.82, 2.24) is 0 Å². The largest absolute Gasteiger partial charge is 0.457 e. The molecule has 0 aliphatic heterocycles. The Morgan fingerprint density at radius 3 is 2.59 bits per heavy atom. The molecule has 0 saturated heterocycles. The first-order chi connectivity index (χ1) is 13.0. The van der Waals surface area contributed by atoms with Gasteiger partial charge < -0.3 is 9.73 Å². The number of furan rings is 1. The molecule has 3 rings (SSSR count). The molecule has 4 nitrogen and oxygen atoms in total. The van der Waals surface area contributed by atoms with Gasteiger partial charge >= 0.3 is 0 Å². The van der Waals surface area contributed by atoms with Crippen molar-refractivity contribution >= 4 is 17.7 Å². The predicted octanol–water partition coefficient (Wildman–Crippen LogP) is 5.25. The Balaban J connectivity index is 1.82. The van der Waals surface area contributed by atoms with Gasteiger partial charge in [0, 0.05) is 11.8 Å². The molecular formula is C22H17FN2O2. The van der Waals surface area contributed by atoms with Crippen LogP contribution in [0.5, 0.6) is 0 Å². The maximum absolute atomic E-state index is 13.9. The van der Waals surface area contributed by atoms with Crippen LogP contribution in [-0.4, -0.2) is 5.91 Å². The Labute approximate surface area is 156 Å². The molecule has 0 fully saturated rings. The van der Waals surface area contributed by atoms with Gasteiger partial charge in [-0.1, -0.05) is 18.2 Å². The van der Waals surface area contributed by atoms with Gasteiger partial charge in [0.15, 0.2) is 0 Å². The summed E-state index contributed by atoms with van der Waals surface area (Å²) >= 11 is 0. The average molecular weight is 360 g/mol. The monoisotopic (exact) mass is 360 g/mol. The minimum atomic E-state index is -0.537. The number of benzene rings is 2. The van der Waals surface area contributed by atoms with Crippen LogP contribution in [0.4, 0.5) is 10.1 Å². The maximum atomic E-state index is 13.9. The summed E-state index contributed by atoms with van der Waals surface area (Å²) in [6.45, 7) is 3.92. The van der Waals surface area contributed by atoms with Gasteiger partial charge in [-0.2, -0.15) is 5.26 Å². The molecular weight excluding hydrogens is 343 g/mol. The number of amides is 1. The topological polar surface area (TPSA) is 66.0 Å². The summed E-state index contributed by atoms with van der Waals surface area (Å²) in [7, 11) is 0. The highest BCUT2D eigenvalue weighted by Gasteiger charge is 2.13. The van der Waals surface area contributed by atoms with E-state index in [0.717, 1.165) is 11.1 Å². The Morgan fingerprint density at radius 2 is 1.89 bits per heavy atom. The Bertz CT molecular complexity index is 1070. The predicted molar refractivity (Wildman–Crippen MR) is 102 cm³/mol. The van der Waals surface area contributed by atoms with Crippen molar-refractivity contribution in [1.29, 1.82) is 5.26 Å². The van der Waals surface area contributed by atoms with E-state index in [4.69, 9.17) is 4.42 Å². The van der Waals surface area contributed by atoms with E-state index in [1.807, 2.05) is 32.0 Å². The fourth-order valence-electron chi connectivity index (χ4n) is 2.54. The zero-order valence-electron chi connectivity index (χ0n) is 14.9. The molecule has 0 aliphatic carbocycles. The number of nitriles is 1. The number of hydrogen-bond donors (Lipinski definition) is 1. The molecule has 1 aromatic heterocycles. The molecule has 0 atom stereocenters. The number of hydrogen-bond acceptors (Lipinski definition) is 3. The molecule has 134 valence electrons. The lowest BCUT2D eigenvalue weighted by molar-refractivity contribution is -0.112. The summed E-state index contributed by atoms with van der Waals surface area (Å²) in [5, 5.41) is 12.0. The summed E-state index contributed by atoms with van der Waals surface area (Å²) in [6.07, 6.45) is 1.33. The summed E-state index contributed by atoms with van der Waals surface area (Å²) in [5.74, 6) is -0.328. The average Bonchev–Trinajstić information content (AvgIpc) is 3.11. The van der Waals surface area contributed by atoms with E-state index in [0.29, 0.717) is 22.8 Å². The lowest BCUT2D eigenvalue weighted by Crippen LogP contribution is -2.13. The summed E-state index contributed by atoms with van der Waals surface area (Å²) in [6, 6.07) is 16.8. The number of nitrogens with zero attached hydrogens (tertiary/aromatic N) is 1. The minimum absolute atomic E-state index is 0.109. The van der Waals surface area contributed by atoms with Crippen LogP contribution >= 0.6 is 0 Å². The van der Waals surface area contributed by atoms with E-state index >= 15 is 0 Å². The van der Waals surface area contributed by atoms with E-state index in [1.165, 1.54) is 12.1 Å². The lowest BCUT2D eigenvalue weighted by atomic mass is 10.1. The van der Waals surface area contributed by atoms with Gasteiger partial charge in [0.1, 0.15) is 29.0 Å². The van der Waals surface area contributed by atoms with Gasteiger partial charge in [0.2, 0.25) is 0 Å². The van der Waals surface area contributed by atoms with Crippen molar-refractivity contribution in [3.63, 3.8) is 0 Å². The summed E-state index contributed by atoms with van der Waals surface area (Å²) in [4.78, 5) is 12.4. The fourth-order valence-corrected chi connectivity index (χ4v) is 2.54. The second-order valence-corrected chi connectivity index (χ2v) is 6.10. The fraction of sp³-hybridized carbons (Fsp3) is 0.0909. The number of nitrogens with one attached hydrogen (secondary N) is 1. The van der Waals surface area contributed by atoms with Crippen molar-refractivity contribution in [3.05, 3.63) is 82.9 Å². The molecule has 2 aromatic carbocycles. The van der Waals surface area contributed by atoms with E-state index in [9.17, 15) is 14.4 Å². The molecule has 1 heterocycles. The van der Waals surface area contributed by atoms with Crippen molar-refractivity contribution in [2.45, 2.75) is 13.8 Å². The lowest BCUT2D eigenvalue weighted by Gasteiger charge is -2.06. The van der Waals surface area contributed by atoms with Gasteiger partial charge in [-0.05, 0) is 61.4 Å². The minimum Gasteiger partial charge on any atom is -0.457 e. The van der Waals surface area contributed by atoms with E-state index in [1.54, 1.807) is 36.4 Å². The van der Waals surface area contributed by atoms with Crippen LogP contribution in [0.2, 0.25) is 0 Å². The Morgan fingerprint density at radius 1 is 1.11 bits per heavy atom. The molecule has 1 amide bonds. The van der Waals surface area contributed by atoms with Crippen LogP contribution in [0.25, 0.3) is 17.4 Å². The highest BCUT2D eigenvalue weighted by Crippen LogP contribution is 2.26. The molecule has 5 heteroatoms. The zero-order chi connectivity index (χ0) is 19.4. The Kier molecular flexibility index (Phi) is 5.18. The van der Waals surface area contributed by atoms with Crippen LogP contribution in [-0.2, 0) is 4.79 Å². The molecule has 0 radical (unpaired) electrons.